The van der Waals surface area contributed by atoms with Gasteiger partial charge in [0.15, 0.2) is 17.7 Å². The van der Waals surface area contributed by atoms with Crippen LogP contribution >= 0.6 is 0 Å². The van der Waals surface area contributed by atoms with Crippen LogP contribution < -0.4 is 15.5 Å². The van der Waals surface area contributed by atoms with Gasteiger partial charge in [-0.15, -0.1) is 0 Å². The van der Waals surface area contributed by atoms with Crippen LogP contribution in [0.1, 0.15) is 39.8 Å². The van der Waals surface area contributed by atoms with E-state index in [9.17, 15) is 23.2 Å². The van der Waals surface area contributed by atoms with Crippen LogP contribution in [-0.2, 0) is 17.8 Å². The molecule has 2 amide bonds. The minimum atomic E-state index is -0.811. The largest absolute Gasteiger partial charge is 0.491 e. The Labute approximate surface area is 176 Å². The molecule has 1 fully saturated rings. The molecule has 0 unspecified atom stereocenters. The van der Waals surface area contributed by atoms with Crippen molar-refractivity contribution in [1.29, 1.82) is 0 Å². The molecule has 164 valence electrons. The average molecular weight is 433 g/mol. The highest BCUT2D eigenvalue weighted by molar-refractivity contribution is 5.99. The van der Waals surface area contributed by atoms with Crippen LogP contribution in [0.4, 0.5) is 8.78 Å². The van der Waals surface area contributed by atoms with Gasteiger partial charge >= 0.3 is 0 Å². The number of nitrogens with zero attached hydrogens (tertiary/aromatic N) is 2. The second-order valence-corrected chi connectivity index (χ2v) is 7.50. The van der Waals surface area contributed by atoms with E-state index in [-0.39, 0.29) is 41.7 Å². The number of carbonyl (C=O) groups excluding carboxylic acids is 2. The molecule has 2 atom stereocenters. The number of benzene rings is 1. The number of methoxy groups -OCH3 is 1. The Kier molecular flexibility index (Phi) is 5.48. The zero-order chi connectivity index (χ0) is 22.3. The number of rotatable bonds is 4. The number of carbonyl (C=O) groups is 2. The van der Waals surface area contributed by atoms with Gasteiger partial charge in [0.2, 0.25) is 5.43 Å². The van der Waals surface area contributed by atoms with Crippen molar-refractivity contribution in [2.75, 3.05) is 13.7 Å². The first kappa shape index (κ1) is 21.0. The molecule has 0 saturated carbocycles. The first-order valence-electron chi connectivity index (χ1n) is 9.79. The minimum Gasteiger partial charge on any atom is -0.491 e. The van der Waals surface area contributed by atoms with Crippen LogP contribution in [0.3, 0.4) is 0 Å². The van der Waals surface area contributed by atoms with Gasteiger partial charge in [0.05, 0.1) is 20.3 Å². The third-order valence-electron chi connectivity index (χ3n) is 5.56. The molecule has 4 rings (SSSR count). The van der Waals surface area contributed by atoms with Crippen LogP contribution in [0.25, 0.3) is 0 Å². The standard InChI is InChI=1S/C21H21F2N3O5/c1-11-5-6-31-16-10-25-9-14(18(27)19(30-2)17(25)21(29)26(11)16)20(28)24-8-12-3-4-13(22)7-15(12)23/h3-4,7,9,11,16H,5-6,8,10H2,1-2H3,(H,24,28)/t11-,16-/m1/s1. The summed E-state index contributed by atoms with van der Waals surface area (Å²) in [7, 11) is 1.25. The Morgan fingerprint density at radius 1 is 1.32 bits per heavy atom. The number of halogens is 2. The fraction of sp³-hybridized carbons (Fsp3) is 0.381. The predicted octanol–water partition coefficient (Wildman–Crippen LogP) is 1.66. The zero-order valence-corrected chi connectivity index (χ0v) is 17.0. The highest BCUT2D eigenvalue weighted by atomic mass is 19.1. The maximum Gasteiger partial charge on any atom is 0.276 e. The van der Waals surface area contributed by atoms with E-state index in [1.165, 1.54) is 23.9 Å². The van der Waals surface area contributed by atoms with Crippen molar-refractivity contribution in [2.24, 2.45) is 0 Å². The van der Waals surface area contributed by atoms with Crippen LogP contribution in [0.15, 0.2) is 29.2 Å². The lowest BCUT2D eigenvalue weighted by molar-refractivity contribution is -0.112. The Bertz CT molecular complexity index is 1120. The molecule has 3 heterocycles. The van der Waals surface area contributed by atoms with Gasteiger partial charge in [0, 0.05) is 30.4 Å². The van der Waals surface area contributed by atoms with Gasteiger partial charge in [-0.3, -0.25) is 14.4 Å². The molecule has 0 aliphatic carbocycles. The van der Waals surface area contributed by atoms with Crippen LogP contribution in [0, 0.1) is 11.6 Å². The van der Waals surface area contributed by atoms with Crippen molar-refractivity contribution >= 4 is 11.8 Å². The SMILES string of the molecule is COc1c2n(cc(C(=O)NCc3ccc(F)cc3F)c1=O)C[C@H]1OCC[C@@H](C)N1C2=O. The second-order valence-electron chi connectivity index (χ2n) is 7.50. The molecule has 2 aromatic rings. The van der Waals surface area contributed by atoms with Crippen molar-refractivity contribution in [3.05, 3.63) is 63.1 Å². The Balaban J connectivity index is 1.66. The maximum absolute atomic E-state index is 13.8. The smallest absolute Gasteiger partial charge is 0.276 e. The summed E-state index contributed by atoms with van der Waals surface area (Å²) in [5, 5.41) is 2.45. The van der Waals surface area contributed by atoms with Crippen molar-refractivity contribution < 1.29 is 27.8 Å². The lowest BCUT2D eigenvalue weighted by Crippen LogP contribution is -2.57. The van der Waals surface area contributed by atoms with Crippen molar-refractivity contribution in [2.45, 2.75) is 38.7 Å². The third kappa shape index (κ3) is 3.67. The van der Waals surface area contributed by atoms with Crippen molar-refractivity contribution in [1.82, 2.24) is 14.8 Å². The highest BCUT2D eigenvalue weighted by Gasteiger charge is 2.41. The first-order chi connectivity index (χ1) is 14.8. The van der Waals surface area contributed by atoms with Gasteiger partial charge in [-0.25, -0.2) is 8.78 Å². The molecule has 1 aromatic carbocycles. The summed E-state index contributed by atoms with van der Waals surface area (Å²) in [5.41, 5.74) is -0.881. The summed E-state index contributed by atoms with van der Waals surface area (Å²) < 4.78 is 39.3. The molecule has 0 bridgehead atoms. The Morgan fingerprint density at radius 2 is 2.10 bits per heavy atom. The van der Waals surface area contributed by atoms with Gasteiger partial charge in [-0.1, -0.05) is 6.07 Å². The molecule has 10 heteroatoms. The molecule has 31 heavy (non-hydrogen) atoms. The Hall–Kier alpha value is -3.27. The van der Waals surface area contributed by atoms with Crippen LogP contribution in [0.2, 0.25) is 0 Å². The lowest BCUT2D eigenvalue weighted by Gasteiger charge is -2.44. The monoisotopic (exact) mass is 433 g/mol. The van der Waals surface area contributed by atoms with Crippen LogP contribution in [-0.4, -0.2) is 47.3 Å². The molecule has 0 radical (unpaired) electrons. The lowest BCUT2D eigenvalue weighted by atomic mass is 10.1. The number of aromatic nitrogens is 1. The molecular formula is C21H21F2N3O5. The Morgan fingerprint density at radius 3 is 2.81 bits per heavy atom. The van der Waals surface area contributed by atoms with Gasteiger partial charge < -0.3 is 24.3 Å². The topological polar surface area (TPSA) is 89.9 Å². The third-order valence-corrected chi connectivity index (χ3v) is 5.56. The summed E-state index contributed by atoms with van der Waals surface area (Å²) in [4.78, 5) is 40.2. The summed E-state index contributed by atoms with van der Waals surface area (Å²) in [6.07, 6.45) is 1.45. The highest BCUT2D eigenvalue weighted by Crippen LogP contribution is 2.29. The first-order valence-corrected chi connectivity index (χ1v) is 9.79. The van der Waals surface area contributed by atoms with Gasteiger partial charge in [0.25, 0.3) is 11.8 Å². The van der Waals surface area contributed by atoms with Gasteiger partial charge in [-0.05, 0) is 19.4 Å². The van der Waals surface area contributed by atoms with Gasteiger partial charge in [0.1, 0.15) is 17.2 Å². The quantitative estimate of drug-likeness (QED) is 0.792. The van der Waals surface area contributed by atoms with E-state index in [4.69, 9.17) is 9.47 Å². The van der Waals surface area contributed by atoms with E-state index in [0.29, 0.717) is 19.1 Å². The molecular weight excluding hydrogens is 412 g/mol. The van der Waals surface area contributed by atoms with E-state index < -0.39 is 35.1 Å². The summed E-state index contributed by atoms with van der Waals surface area (Å²) in [5.74, 6) is -2.95. The molecule has 2 aliphatic rings. The number of hydrogen-bond donors (Lipinski definition) is 1. The van der Waals surface area contributed by atoms with Crippen LogP contribution in [0.5, 0.6) is 5.75 Å². The molecule has 1 N–H and O–H groups in total. The van der Waals surface area contributed by atoms with E-state index >= 15 is 0 Å². The summed E-state index contributed by atoms with van der Waals surface area (Å²) >= 11 is 0. The average Bonchev–Trinajstić information content (AvgIpc) is 2.73. The minimum absolute atomic E-state index is 0.0576. The summed E-state index contributed by atoms with van der Waals surface area (Å²) in [6, 6.07) is 2.93. The number of fused-ring (bicyclic) bond motifs is 2. The van der Waals surface area contributed by atoms with Crippen molar-refractivity contribution in [3.63, 3.8) is 0 Å². The second kappa shape index (κ2) is 8.10. The number of nitrogens with one attached hydrogen (secondary N) is 1. The number of hydrogen-bond acceptors (Lipinski definition) is 5. The van der Waals surface area contributed by atoms with E-state index in [1.54, 1.807) is 4.90 Å². The van der Waals surface area contributed by atoms with Crippen molar-refractivity contribution in [3.8, 4) is 5.75 Å². The fourth-order valence-corrected chi connectivity index (χ4v) is 3.93. The van der Waals surface area contributed by atoms with Gasteiger partial charge in [-0.2, -0.15) is 0 Å². The van der Waals surface area contributed by atoms with E-state index in [2.05, 4.69) is 5.32 Å². The maximum atomic E-state index is 13.8. The predicted molar refractivity (Wildman–Crippen MR) is 105 cm³/mol. The molecule has 1 saturated heterocycles. The normalized spacial score (nSPS) is 20.1. The fourth-order valence-electron chi connectivity index (χ4n) is 3.93. The zero-order valence-electron chi connectivity index (χ0n) is 17.0. The molecule has 2 aliphatic heterocycles. The number of pyridine rings is 1. The van der Waals surface area contributed by atoms with E-state index in [0.717, 1.165) is 6.07 Å². The number of ether oxygens (including phenoxy) is 2. The molecule has 8 nitrogen and oxygen atoms in total. The summed E-state index contributed by atoms with van der Waals surface area (Å²) in [6.45, 7) is 2.39. The van der Waals surface area contributed by atoms with E-state index in [1.807, 2.05) is 6.92 Å². The number of amides is 2. The molecule has 0 spiro atoms. The molecule has 1 aromatic heterocycles.